The Kier molecular flexibility index (Phi) is 10.8. The number of aromatic nitrogens is 2. The molecular formula is C19H29FIN5O. The standard InChI is InChI=1S/C19H28FN5O.HI/c1-16-22-11-13-25(16)12-5-4-10-23-19(21-2)24(3)14-15-26-18-8-6-17(20)7-9-18;/h6-9,11,13H,4-5,10,12,14-15H2,1-3H3,(H,21,23);1H. The molecule has 0 aliphatic heterocycles. The molecule has 0 aliphatic rings. The zero-order valence-corrected chi connectivity index (χ0v) is 18.5. The topological polar surface area (TPSA) is 54.7 Å². The minimum absolute atomic E-state index is 0. The van der Waals surface area contributed by atoms with Gasteiger partial charge in [0.15, 0.2) is 5.96 Å². The summed E-state index contributed by atoms with van der Waals surface area (Å²) in [7, 11) is 3.74. The number of nitrogens with one attached hydrogen (secondary N) is 1. The molecule has 0 atom stereocenters. The molecule has 0 bridgehead atoms. The zero-order chi connectivity index (χ0) is 18.8. The highest BCUT2D eigenvalue weighted by Crippen LogP contribution is 2.10. The molecular weight excluding hydrogens is 460 g/mol. The first-order valence-corrected chi connectivity index (χ1v) is 8.88. The number of imidazole rings is 1. The van der Waals surface area contributed by atoms with Crippen LogP contribution in [-0.4, -0.2) is 54.2 Å². The van der Waals surface area contributed by atoms with Crippen LogP contribution in [0.2, 0.25) is 0 Å². The number of unbranched alkanes of at least 4 members (excludes halogenated alkanes) is 1. The van der Waals surface area contributed by atoms with Crippen molar-refractivity contribution >= 4 is 29.9 Å². The molecule has 0 saturated heterocycles. The zero-order valence-electron chi connectivity index (χ0n) is 16.2. The Morgan fingerprint density at radius 2 is 2.04 bits per heavy atom. The molecule has 0 amide bonds. The van der Waals surface area contributed by atoms with Crippen molar-refractivity contribution in [3.8, 4) is 5.75 Å². The fourth-order valence-electron chi connectivity index (χ4n) is 2.57. The van der Waals surface area contributed by atoms with Gasteiger partial charge in [-0.1, -0.05) is 0 Å². The van der Waals surface area contributed by atoms with E-state index >= 15 is 0 Å². The van der Waals surface area contributed by atoms with E-state index in [4.69, 9.17) is 4.74 Å². The fourth-order valence-corrected chi connectivity index (χ4v) is 2.57. The molecule has 6 nitrogen and oxygen atoms in total. The number of benzene rings is 1. The number of hydrogen-bond donors (Lipinski definition) is 1. The highest BCUT2D eigenvalue weighted by Gasteiger charge is 2.05. The number of ether oxygens (including phenoxy) is 1. The van der Waals surface area contributed by atoms with Crippen molar-refractivity contribution in [1.29, 1.82) is 0 Å². The van der Waals surface area contributed by atoms with Gasteiger partial charge in [-0.3, -0.25) is 4.99 Å². The summed E-state index contributed by atoms with van der Waals surface area (Å²) >= 11 is 0. The fraction of sp³-hybridized carbons (Fsp3) is 0.474. The maximum absolute atomic E-state index is 12.9. The second-order valence-corrected chi connectivity index (χ2v) is 6.07. The molecule has 1 aromatic carbocycles. The summed E-state index contributed by atoms with van der Waals surface area (Å²) in [6.07, 6.45) is 5.98. The van der Waals surface area contributed by atoms with E-state index in [-0.39, 0.29) is 29.8 Å². The van der Waals surface area contributed by atoms with Crippen molar-refractivity contribution in [2.75, 3.05) is 33.8 Å². The monoisotopic (exact) mass is 489 g/mol. The summed E-state index contributed by atoms with van der Waals surface area (Å²) in [6.45, 7) is 5.05. The Balaban J connectivity index is 0.00000364. The van der Waals surface area contributed by atoms with Gasteiger partial charge in [0.25, 0.3) is 0 Å². The summed E-state index contributed by atoms with van der Waals surface area (Å²) in [6, 6.07) is 6.05. The van der Waals surface area contributed by atoms with Gasteiger partial charge in [0.05, 0.1) is 6.54 Å². The first-order chi connectivity index (χ1) is 12.6. The van der Waals surface area contributed by atoms with Crippen molar-refractivity contribution in [1.82, 2.24) is 19.8 Å². The molecule has 0 saturated carbocycles. The normalized spacial score (nSPS) is 11.0. The van der Waals surface area contributed by atoms with Crippen LogP contribution in [0.5, 0.6) is 5.75 Å². The maximum atomic E-state index is 12.9. The highest BCUT2D eigenvalue weighted by atomic mass is 127. The van der Waals surface area contributed by atoms with E-state index in [9.17, 15) is 4.39 Å². The number of nitrogens with zero attached hydrogens (tertiary/aromatic N) is 4. The van der Waals surface area contributed by atoms with Crippen molar-refractivity contribution in [3.63, 3.8) is 0 Å². The van der Waals surface area contributed by atoms with Crippen molar-refractivity contribution in [3.05, 3.63) is 48.3 Å². The lowest BCUT2D eigenvalue weighted by Gasteiger charge is -2.22. The molecule has 1 heterocycles. The number of halogens is 2. The first kappa shape index (κ1) is 23.2. The number of likely N-dealkylation sites (N-methyl/N-ethyl adjacent to an activating group) is 1. The van der Waals surface area contributed by atoms with E-state index in [1.165, 1.54) is 12.1 Å². The lowest BCUT2D eigenvalue weighted by Crippen LogP contribution is -2.41. The Labute approximate surface area is 177 Å². The average Bonchev–Trinajstić information content (AvgIpc) is 3.04. The van der Waals surface area contributed by atoms with Crippen LogP contribution in [0.25, 0.3) is 0 Å². The quantitative estimate of drug-likeness (QED) is 0.254. The van der Waals surface area contributed by atoms with Gasteiger partial charge >= 0.3 is 0 Å². The molecule has 0 spiro atoms. The molecule has 2 aromatic rings. The first-order valence-electron chi connectivity index (χ1n) is 8.88. The van der Waals surface area contributed by atoms with Crippen LogP contribution in [0.4, 0.5) is 4.39 Å². The van der Waals surface area contributed by atoms with Gasteiger partial charge in [-0.25, -0.2) is 9.37 Å². The summed E-state index contributed by atoms with van der Waals surface area (Å²) in [5, 5.41) is 3.37. The maximum Gasteiger partial charge on any atom is 0.193 e. The third-order valence-electron chi connectivity index (χ3n) is 4.11. The van der Waals surface area contributed by atoms with Crippen LogP contribution in [-0.2, 0) is 6.54 Å². The van der Waals surface area contributed by atoms with Gasteiger partial charge in [0, 0.05) is 39.6 Å². The SMILES string of the molecule is CN=C(NCCCCn1ccnc1C)N(C)CCOc1ccc(F)cc1.I. The number of aryl methyl sites for hydroxylation is 2. The second-order valence-electron chi connectivity index (χ2n) is 6.07. The lowest BCUT2D eigenvalue weighted by molar-refractivity contribution is 0.281. The second kappa shape index (κ2) is 12.5. The van der Waals surface area contributed by atoms with E-state index in [1.54, 1.807) is 19.2 Å². The lowest BCUT2D eigenvalue weighted by atomic mass is 10.3. The molecule has 0 radical (unpaired) electrons. The van der Waals surface area contributed by atoms with Crippen LogP contribution in [0.15, 0.2) is 41.7 Å². The van der Waals surface area contributed by atoms with Crippen LogP contribution >= 0.6 is 24.0 Å². The number of aliphatic imine (C=N–C) groups is 1. The van der Waals surface area contributed by atoms with Gasteiger partial charge in [-0.15, -0.1) is 24.0 Å². The molecule has 0 unspecified atom stereocenters. The van der Waals surface area contributed by atoms with Crippen LogP contribution < -0.4 is 10.1 Å². The minimum Gasteiger partial charge on any atom is -0.492 e. The molecule has 0 aliphatic carbocycles. The number of rotatable bonds is 9. The molecule has 1 N–H and O–H groups in total. The third-order valence-corrected chi connectivity index (χ3v) is 4.11. The van der Waals surface area contributed by atoms with E-state index in [0.29, 0.717) is 18.9 Å². The molecule has 0 fully saturated rings. The smallest absolute Gasteiger partial charge is 0.193 e. The Morgan fingerprint density at radius 3 is 2.67 bits per heavy atom. The van der Waals surface area contributed by atoms with E-state index in [2.05, 4.69) is 19.9 Å². The van der Waals surface area contributed by atoms with Crippen molar-refractivity contribution < 1.29 is 9.13 Å². The van der Waals surface area contributed by atoms with Gasteiger partial charge in [0.2, 0.25) is 0 Å². The third kappa shape index (κ3) is 8.15. The highest BCUT2D eigenvalue weighted by molar-refractivity contribution is 14.0. The molecule has 1 aromatic heterocycles. The van der Waals surface area contributed by atoms with Gasteiger partial charge in [-0.2, -0.15) is 0 Å². The van der Waals surface area contributed by atoms with Gasteiger partial charge < -0.3 is 19.5 Å². The minimum atomic E-state index is -0.262. The molecule has 8 heteroatoms. The van der Waals surface area contributed by atoms with Gasteiger partial charge in [0.1, 0.15) is 24.0 Å². The Bertz CT molecular complexity index is 690. The average molecular weight is 489 g/mol. The summed E-state index contributed by atoms with van der Waals surface area (Å²) in [5.74, 6) is 2.29. The van der Waals surface area contributed by atoms with Crippen LogP contribution in [0.3, 0.4) is 0 Å². The van der Waals surface area contributed by atoms with Crippen molar-refractivity contribution in [2.24, 2.45) is 4.99 Å². The molecule has 2 rings (SSSR count). The molecule has 27 heavy (non-hydrogen) atoms. The largest absolute Gasteiger partial charge is 0.492 e. The Hall–Kier alpha value is -1.84. The summed E-state index contributed by atoms with van der Waals surface area (Å²) in [4.78, 5) is 10.5. The Morgan fingerprint density at radius 1 is 1.30 bits per heavy atom. The van der Waals surface area contributed by atoms with Crippen molar-refractivity contribution in [2.45, 2.75) is 26.3 Å². The predicted octanol–water partition coefficient (Wildman–Crippen LogP) is 3.32. The van der Waals surface area contributed by atoms with E-state index in [1.807, 2.05) is 31.3 Å². The van der Waals surface area contributed by atoms with Crippen LogP contribution in [0, 0.1) is 12.7 Å². The molecule has 150 valence electrons. The van der Waals surface area contributed by atoms with Gasteiger partial charge in [-0.05, 0) is 44.0 Å². The number of guanidine groups is 1. The van der Waals surface area contributed by atoms with E-state index < -0.39 is 0 Å². The summed E-state index contributed by atoms with van der Waals surface area (Å²) < 4.78 is 20.7. The van der Waals surface area contributed by atoms with Crippen LogP contribution in [0.1, 0.15) is 18.7 Å². The predicted molar refractivity (Wildman–Crippen MR) is 117 cm³/mol. The van der Waals surface area contributed by atoms with E-state index in [0.717, 1.165) is 37.7 Å². The summed E-state index contributed by atoms with van der Waals surface area (Å²) in [5.41, 5.74) is 0. The number of hydrogen-bond acceptors (Lipinski definition) is 3.